The summed E-state index contributed by atoms with van der Waals surface area (Å²) in [5, 5.41) is 14.1. The number of phenolic OH excluding ortho intramolecular Hbond substituents is 1. The van der Waals surface area contributed by atoms with Crippen LogP contribution in [-0.2, 0) is 11.3 Å². The molecule has 0 unspecified atom stereocenters. The molecule has 1 amide bonds. The molecule has 28 heavy (non-hydrogen) atoms. The fourth-order valence-corrected chi connectivity index (χ4v) is 3.58. The number of aromatic nitrogens is 2. The van der Waals surface area contributed by atoms with Gasteiger partial charge in [-0.25, -0.2) is 0 Å². The number of benzene rings is 1. The van der Waals surface area contributed by atoms with E-state index in [1.54, 1.807) is 26.0 Å². The van der Waals surface area contributed by atoms with Crippen molar-refractivity contribution in [2.45, 2.75) is 39.5 Å². The van der Waals surface area contributed by atoms with Crippen molar-refractivity contribution in [2.75, 3.05) is 19.8 Å². The third-order valence-corrected chi connectivity index (χ3v) is 4.87. The number of aromatic hydroxyl groups is 1. The Hall–Kier alpha value is -2.55. The molecule has 1 aliphatic rings. The van der Waals surface area contributed by atoms with Gasteiger partial charge in [-0.1, -0.05) is 11.6 Å². The molecule has 1 saturated heterocycles. The minimum absolute atomic E-state index is 0.137. The first kappa shape index (κ1) is 20.2. The second-order valence-corrected chi connectivity index (χ2v) is 6.97. The van der Waals surface area contributed by atoms with Crippen LogP contribution in [0.25, 0.3) is 0 Å². The lowest BCUT2D eigenvalue weighted by Crippen LogP contribution is -2.43. The number of rotatable bonds is 3. The van der Waals surface area contributed by atoms with E-state index < -0.39 is 24.7 Å². The van der Waals surface area contributed by atoms with E-state index in [1.165, 1.54) is 11.0 Å². The summed E-state index contributed by atoms with van der Waals surface area (Å²) in [4.78, 5) is 14.7. The summed E-state index contributed by atoms with van der Waals surface area (Å²) in [5.41, 5.74) is 2.28. The number of ether oxygens (including phenoxy) is 1. The van der Waals surface area contributed by atoms with Crippen LogP contribution in [0, 0.1) is 20.8 Å². The molecule has 1 aromatic heterocycles. The number of alkyl halides is 3. The highest BCUT2D eigenvalue weighted by Gasteiger charge is 2.36. The third-order valence-electron chi connectivity index (χ3n) is 4.87. The van der Waals surface area contributed by atoms with Crippen molar-refractivity contribution in [1.82, 2.24) is 14.7 Å². The fourth-order valence-electron chi connectivity index (χ4n) is 3.58. The van der Waals surface area contributed by atoms with E-state index in [4.69, 9.17) is 4.74 Å². The summed E-state index contributed by atoms with van der Waals surface area (Å²) in [6, 6.07) is 4.16. The Bertz CT molecular complexity index is 893. The van der Waals surface area contributed by atoms with Crippen LogP contribution in [0.2, 0.25) is 0 Å². The summed E-state index contributed by atoms with van der Waals surface area (Å²) >= 11 is 0. The molecule has 6 nitrogen and oxygen atoms in total. The van der Waals surface area contributed by atoms with Crippen LogP contribution in [0.1, 0.15) is 38.9 Å². The number of carbonyl (C=O) groups excluding carboxylic acids is 1. The van der Waals surface area contributed by atoms with E-state index in [1.807, 2.05) is 6.92 Å². The highest BCUT2D eigenvalue weighted by molar-refractivity contribution is 5.97. The monoisotopic (exact) mass is 397 g/mol. The summed E-state index contributed by atoms with van der Waals surface area (Å²) in [6.45, 7) is 4.52. The van der Waals surface area contributed by atoms with Gasteiger partial charge in [0.05, 0.1) is 30.5 Å². The van der Waals surface area contributed by atoms with Gasteiger partial charge in [0, 0.05) is 17.8 Å². The largest absolute Gasteiger partial charge is 0.507 e. The van der Waals surface area contributed by atoms with Crippen molar-refractivity contribution in [3.05, 3.63) is 46.3 Å². The molecule has 0 saturated carbocycles. The lowest BCUT2D eigenvalue weighted by atomic mass is 10.0. The zero-order valence-electron chi connectivity index (χ0n) is 15.9. The molecule has 0 aliphatic carbocycles. The van der Waals surface area contributed by atoms with Gasteiger partial charge in [0.15, 0.2) is 0 Å². The molecule has 1 fully saturated rings. The Morgan fingerprint density at radius 3 is 2.71 bits per heavy atom. The van der Waals surface area contributed by atoms with Crippen molar-refractivity contribution in [2.24, 2.45) is 0 Å². The Balaban J connectivity index is 1.98. The van der Waals surface area contributed by atoms with Crippen LogP contribution in [0.5, 0.6) is 5.75 Å². The Labute approximate surface area is 160 Å². The Morgan fingerprint density at radius 2 is 2.04 bits per heavy atom. The number of amides is 1. The van der Waals surface area contributed by atoms with Gasteiger partial charge in [-0.3, -0.25) is 9.48 Å². The van der Waals surface area contributed by atoms with Crippen LogP contribution in [-0.4, -0.2) is 51.6 Å². The number of halogens is 3. The molecule has 0 bridgehead atoms. The van der Waals surface area contributed by atoms with E-state index in [0.29, 0.717) is 23.6 Å². The minimum Gasteiger partial charge on any atom is -0.507 e. The molecule has 2 aromatic rings. The molecule has 3 rings (SSSR count). The number of phenols is 1. The van der Waals surface area contributed by atoms with Gasteiger partial charge < -0.3 is 14.7 Å². The Morgan fingerprint density at radius 1 is 1.32 bits per heavy atom. The van der Waals surface area contributed by atoms with E-state index in [0.717, 1.165) is 10.2 Å². The normalized spacial score (nSPS) is 17.8. The molecule has 1 N–H and O–H groups in total. The first-order chi connectivity index (χ1) is 13.1. The predicted molar refractivity (Wildman–Crippen MR) is 95.2 cm³/mol. The van der Waals surface area contributed by atoms with Crippen LogP contribution in [0.3, 0.4) is 0 Å². The smallest absolute Gasteiger partial charge is 0.408 e. The summed E-state index contributed by atoms with van der Waals surface area (Å²) in [6.07, 6.45) is -4.40. The maximum atomic E-state index is 13.1. The molecule has 1 aromatic carbocycles. The first-order valence-electron chi connectivity index (χ1n) is 8.87. The van der Waals surface area contributed by atoms with Crippen molar-refractivity contribution in [3.8, 4) is 5.75 Å². The average Bonchev–Trinajstić information content (AvgIpc) is 2.88. The van der Waals surface area contributed by atoms with Gasteiger partial charge >= 0.3 is 6.18 Å². The number of hydrogen-bond donors (Lipinski definition) is 1. The van der Waals surface area contributed by atoms with Gasteiger partial charge in [0.1, 0.15) is 12.3 Å². The zero-order chi connectivity index (χ0) is 20.6. The SMILES string of the molecule is Cc1ccc(O)c(C(=O)N2CCOC[C@@H]2c2c(C)nn(CC(F)(F)F)c2C)c1. The quantitative estimate of drug-likeness (QED) is 0.863. The van der Waals surface area contributed by atoms with Crippen LogP contribution >= 0.6 is 0 Å². The van der Waals surface area contributed by atoms with Crippen LogP contribution in [0.15, 0.2) is 18.2 Å². The number of carbonyl (C=O) groups is 1. The van der Waals surface area contributed by atoms with Gasteiger partial charge in [0.25, 0.3) is 5.91 Å². The molecule has 2 heterocycles. The first-order valence-corrected chi connectivity index (χ1v) is 8.87. The maximum absolute atomic E-state index is 13.1. The zero-order valence-corrected chi connectivity index (χ0v) is 15.9. The number of hydrogen-bond acceptors (Lipinski definition) is 4. The molecule has 152 valence electrons. The van der Waals surface area contributed by atoms with Gasteiger partial charge in [-0.05, 0) is 32.9 Å². The lowest BCUT2D eigenvalue weighted by molar-refractivity contribution is -0.143. The number of nitrogens with zero attached hydrogens (tertiary/aromatic N) is 3. The van der Waals surface area contributed by atoms with Crippen LogP contribution < -0.4 is 0 Å². The van der Waals surface area contributed by atoms with Crippen LogP contribution in [0.4, 0.5) is 13.2 Å². The summed E-state index contributed by atoms with van der Waals surface area (Å²) in [5.74, 6) is -0.529. The van der Waals surface area contributed by atoms with Crippen molar-refractivity contribution >= 4 is 5.91 Å². The molecular weight excluding hydrogens is 375 g/mol. The van der Waals surface area contributed by atoms with E-state index in [9.17, 15) is 23.1 Å². The third kappa shape index (κ3) is 3.99. The molecular formula is C19H22F3N3O3. The number of aryl methyl sites for hydroxylation is 2. The number of morpholine rings is 1. The maximum Gasteiger partial charge on any atom is 0.408 e. The van der Waals surface area contributed by atoms with Gasteiger partial charge in [0.2, 0.25) is 0 Å². The summed E-state index contributed by atoms with van der Waals surface area (Å²) in [7, 11) is 0. The molecule has 1 aliphatic heterocycles. The fraction of sp³-hybridized carbons (Fsp3) is 0.474. The summed E-state index contributed by atoms with van der Waals surface area (Å²) < 4.78 is 44.9. The minimum atomic E-state index is -4.40. The molecule has 0 radical (unpaired) electrons. The van der Waals surface area contributed by atoms with Crippen molar-refractivity contribution in [3.63, 3.8) is 0 Å². The predicted octanol–water partition coefficient (Wildman–Crippen LogP) is 3.29. The van der Waals surface area contributed by atoms with E-state index in [2.05, 4.69) is 5.10 Å². The Kier molecular flexibility index (Phi) is 5.38. The topological polar surface area (TPSA) is 67.6 Å². The van der Waals surface area contributed by atoms with E-state index in [-0.39, 0.29) is 24.5 Å². The van der Waals surface area contributed by atoms with Gasteiger partial charge in [-0.15, -0.1) is 0 Å². The second kappa shape index (κ2) is 7.46. The lowest BCUT2D eigenvalue weighted by Gasteiger charge is -2.36. The molecule has 1 atom stereocenters. The molecule has 0 spiro atoms. The van der Waals surface area contributed by atoms with Gasteiger partial charge in [-0.2, -0.15) is 18.3 Å². The highest BCUT2D eigenvalue weighted by atomic mass is 19.4. The molecule has 9 heteroatoms. The van der Waals surface area contributed by atoms with Crippen molar-refractivity contribution in [1.29, 1.82) is 0 Å². The van der Waals surface area contributed by atoms with E-state index >= 15 is 0 Å². The standard InChI is InChI=1S/C19H22F3N3O3/c1-11-4-5-16(26)14(8-11)18(27)24-6-7-28-9-15(24)17-12(2)23-25(13(17)3)10-19(20,21)22/h4-5,8,15,26H,6-7,9-10H2,1-3H3/t15-/m1/s1. The average molecular weight is 397 g/mol. The van der Waals surface area contributed by atoms with Crippen molar-refractivity contribution < 1.29 is 27.8 Å². The highest BCUT2D eigenvalue weighted by Crippen LogP contribution is 2.33. The second-order valence-electron chi connectivity index (χ2n) is 6.97.